The van der Waals surface area contributed by atoms with Gasteiger partial charge in [-0.15, -0.1) is 0 Å². The molecule has 3 N–H and O–H groups in total. The number of nitrogens with two attached hydrogens (primary N) is 1. The summed E-state index contributed by atoms with van der Waals surface area (Å²) >= 11 is 6.12. The van der Waals surface area contributed by atoms with Gasteiger partial charge in [-0.1, -0.05) is 23.7 Å². The molecule has 0 saturated carbocycles. The van der Waals surface area contributed by atoms with Gasteiger partial charge in [0.1, 0.15) is 0 Å². The second-order valence-corrected chi connectivity index (χ2v) is 7.88. The summed E-state index contributed by atoms with van der Waals surface area (Å²) in [5.41, 5.74) is 0.998. The smallest absolute Gasteiger partial charge is 0.238 e. The number of anilines is 2. The van der Waals surface area contributed by atoms with Crippen LogP contribution in [0.15, 0.2) is 53.4 Å². The number of halogens is 1. The number of nitrogens with one attached hydrogen (secondary N) is 1. The number of carbonyl (C=O) groups is 2. The minimum absolute atomic E-state index is 0.0450. The molecule has 136 valence electrons. The lowest BCUT2D eigenvalue weighted by Crippen LogP contribution is -2.28. The van der Waals surface area contributed by atoms with E-state index in [0.717, 1.165) is 0 Å². The van der Waals surface area contributed by atoms with Crippen LogP contribution in [0.2, 0.25) is 5.02 Å². The number of para-hydroxylation sites is 1. The molecule has 2 amide bonds. The van der Waals surface area contributed by atoms with Gasteiger partial charge in [0.05, 0.1) is 21.5 Å². The summed E-state index contributed by atoms with van der Waals surface area (Å²) in [6.45, 7) is 0.226. The van der Waals surface area contributed by atoms with Crippen LogP contribution < -0.4 is 15.4 Å². The van der Waals surface area contributed by atoms with E-state index in [4.69, 9.17) is 16.7 Å². The standard InChI is InChI=1S/C17H16ClN3O4S/c18-14-3-1-2-4-15(14)21-10-11(9-16(21)22)17(23)20-12-5-7-13(8-6-12)26(19,24)25/h1-8,11H,9-10H2,(H,20,23)(H2,19,24,25)/t11-/m0/s1. The van der Waals surface area contributed by atoms with Crippen LogP contribution in [0, 0.1) is 5.92 Å². The molecule has 0 spiro atoms. The number of sulfonamides is 1. The van der Waals surface area contributed by atoms with Crippen LogP contribution in [0.1, 0.15) is 6.42 Å². The third-order valence-electron chi connectivity index (χ3n) is 4.09. The Hall–Kier alpha value is -2.42. The Labute approximate surface area is 155 Å². The topological polar surface area (TPSA) is 110 Å². The molecule has 1 heterocycles. The molecule has 1 aliphatic rings. The van der Waals surface area contributed by atoms with E-state index in [1.807, 2.05) is 0 Å². The molecule has 9 heteroatoms. The quantitative estimate of drug-likeness (QED) is 0.827. The number of amides is 2. The number of nitrogens with zero attached hydrogens (tertiary/aromatic N) is 1. The predicted molar refractivity (Wildman–Crippen MR) is 98.4 cm³/mol. The molecule has 1 saturated heterocycles. The Kier molecular flexibility index (Phi) is 4.99. The maximum Gasteiger partial charge on any atom is 0.238 e. The fourth-order valence-corrected chi connectivity index (χ4v) is 3.51. The molecule has 1 atom stereocenters. The second-order valence-electron chi connectivity index (χ2n) is 5.92. The van der Waals surface area contributed by atoms with Gasteiger partial charge < -0.3 is 10.2 Å². The fraction of sp³-hybridized carbons (Fsp3) is 0.176. The number of rotatable bonds is 4. The number of carbonyl (C=O) groups excluding carboxylic acids is 2. The summed E-state index contributed by atoms with van der Waals surface area (Å²) in [7, 11) is -3.79. The molecular formula is C17H16ClN3O4S. The van der Waals surface area contributed by atoms with Crippen LogP contribution in [-0.4, -0.2) is 26.8 Å². The van der Waals surface area contributed by atoms with E-state index < -0.39 is 15.9 Å². The molecule has 3 rings (SSSR count). The Morgan fingerprint density at radius 2 is 1.81 bits per heavy atom. The van der Waals surface area contributed by atoms with Crippen LogP contribution in [0.3, 0.4) is 0 Å². The van der Waals surface area contributed by atoms with Crippen molar-refractivity contribution >= 4 is 44.8 Å². The van der Waals surface area contributed by atoms with Crippen LogP contribution in [-0.2, 0) is 19.6 Å². The van der Waals surface area contributed by atoms with Gasteiger partial charge in [0.15, 0.2) is 0 Å². The summed E-state index contributed by atoms with van der Waals surface area (Å²) in [6, 6.07) is 12.5. The van der Waals surface area contributed by atoms with Gasteiger partial charge in [-0.25, -0.2) is 13.6 Å². The molecule has 1 aliphatic heterocycles. The van der Waals surface area contributed by atoms with Gasteiger partial charge in [-0.3, -0.25) is 9.59 Å². The molecule has 0 bridgehead atoms. The van der Waals surface area contributed by atoms with Crippen molar-refractivity contribution in [1.82, 2.24) is 0 Å². The van der Waals surface area contributed by atoms with E-state index in [-0.39, 0.29) is 29.7 Å². The number of hydrogen-bond acceptors (Lipinski definition) is 4. The van der Waals surface area contributed by atoms with E-state index in [1.54, 1.807) is 24.3 Å². The van der Waals surface area contributed by atoms with Crippen molar-refractivity contribution in [2.75, 3.05) is 16.8 Å². The normalized spacial score (nSPS) is 17.4. The Balaban J connectivity index is 1.70. The van der Waals surface area contributed by atoms with E-state index in [0.29, 0.717) is 16.4 Å². The minimum atomic E-state index is -3.79. The molecule has 1 fully saturated rings. The SMILES string of the molecule is NS(=O)(=O)c1ccc(NC(=O)[C@H]2CC(=O)N(c3ccccc3Cl)C2)cc1. The van der Waals surface area contributed by atoms with E-state index in [9.17, 15) is 18.0 Å². The second kappa shape index (κ2) is 7.06. The highest BCUT2D eigenvalue weighted by atomic mass is 35.5. The maximum absolute atomic E-state index is 12.4. The molecule has 26 heavy (non-hydrogen) atoms. The van der Waals surface area contributed by atoms with Gasteiger partial charge in [0.25, 0.3) is 0 Å². The van der Waals surface area contributed by atoms with Crippen molar-refractivity contribution in [1.29, 1.82) is 0 Å². The maximum atomic E-state index is 12.4. The van der Waals surface area contributed by atoms with Gasteiger partial charge in [-0.2, -0.15) is 0 Å². The van der Waals surface area contributed by atoms with Crippen LogP contribution in [0.4, 0.5) is 11.4 Å². The lowest BCUT2D eigenvalue weighted by atomic mass is 10.1. The monoisotopic (exact) mass is 393 g/mol. The molecule has 0 aromatic heterocycles. The average Bonchev–Trinajstić information content (AvgIpc) is 2.97. The Morgan fingerprint density at radius 1 is 1.15 bits per heavy atom. The van der Waals surface area contributed by atoms with Crippen molar-refractivity contribution in [3.05, 3.63) is 53.6 Å². The molecule has 7 nitrogen and oxygen atoms in total. The molecule has 2 aromatic carbocycles. The lowest BCUT2D eigenvalue weighted by Gasteiger charge is -2.18. The van der Waals surface area contributed by atoms with Gasteiger partial charge in [0, 0.05) is 18.7 Å². The van der Waals surface area contributed by atoms with Gasteiger partial charge in [-0.05, 0) is 36.4 Å². The molecule has 0 radical (unpaired) electrons. The summed E-state index contributed by atoms with van der Waals surface area (Å²) < 4.78 is 22.5. The molecular weight excluding hydrogens is 378 g/mol. The number of primary sulfonamides is 1. The zero-order valence-electron chi connectivity index (χ0n) is 13.6. The first kappa shape index (κ1) is 18.4. The van der Waals surface area contributed by atoms with Crippen molar-refractivity contribution < 1.29 is 18.0 Å². The van der Waals surface area contributed by atoms with E-state index in [1.165, 1.54) is 29.2 Å². The van der Waals surface area contributed by atoms with Gasteiger partial charge in [0.2, 0.25) is 21.8 Å². The van der Waals surface area contributed by atoms with Crippen LogP contribution in [0.25, 0.3) is 0 Å². The summed E-state index contributed by atoms with van der Waals surface area (Å²) in [6.07, 6.45) is 0.0757. The fourth-order valence-electron chi connectivity index (χ4n) is 2.76. The third-order valence-corrected chi connectivity index (χ3v) is 5.34. The first-order valence-corrected chi connectivity index (χ1v) is 9.67. The van der Waals surface area contributed by atoms with Crippen LogP contribution in [0.5, 0.6) is 0 Å². The highest BCUT2D eigenvalue weighted by Crippen LogP contribution is 2.31. The third kappa shape index (κ3) is 3.87. The van der Waals surface area contributed by atoms with E-state index in [2.05, 4.69) is 5.32 Å². The van der Waals surface area contributed by atoms with Crippen molar-refractivity contribution in [3.63, 3.8) is 0 Å². The highest BCUT2D eigenvalue weighted by Gasteiger charge is 2.35. The lowest BCUT2D eigenvalue weighted by molar-refractivity contribution is -0.122. The Bertz CT molecular complexity index is 960. The zero-order chi connectivity index (χ0) is 18.9. The van der Waals surface area contributed by atoms with Gasteiger partial charge >= 0.3 is 0 Å². The first-order chi connectivity index (χ1) is 12.3. The van der Waals surface area contributed by atoms with Crippen LogP contribution >= 0.6 is 11.6 Å². The van der Waals surface area contributed by atoms with Crippen molar-refractivity contribution in [3.8, 4) is 0 Å². The summed E-state index contributed by atoms with van der Waals surface area (Å²) in [5, 5.41) is 8.16. The van der Waals surface area contributed by atoms with Crippen molar-refractivity contribution in [2.24, 2.45) is 11.1 Å². The molecule has 0 unspecified atom stereocenters. The largest absolute Gasteiger partial charge is 0.326 e. The summed E-state index contributed by atoms with van der Waals surface area (Å²) in [4.78, 5) is 26.1. The number of hydrogen-bond donors (Lipinski definition) is 2. The molecule has 0 aliphatic carbocycles. The highest BCUT2D eigenvalue weighted by molar-refractivity contribution is 7.89. The number of benzene rings is 2. The molecule has 2 aromatic rings. The minimum Gasteiger partial charge on any atom is -0.326 e. The average molecular weight is 394 g/mol. The predicted octanol–water partition coefficient (Wildman–Crippen LogP) is 1.98. The zero-order valence-corrected chi connectivity index (χ0v) is 15.1. The van der Waals surface area contributed by atoms with Crippen molar-refractivity contribution in [2.45, 2.75) is 11.3 Å². The first-order valence-electron chi connectivity index (χ1n) is 7.74. The van der Waals surface area contributed by atoms with E-state index >= 15 is 0 Å². The Morgan fingerprint density at radius 3 is 2.42 bits per heavy atom. The summed E-state index contributed by atoms with van der Waals surface area (Å²) in [5.74, 6) is -1.03.